The van der Waals surface area contributed by atoms with Crippen molar-refractivity contribution in [2.75, 3.05) is 31.7 Å². The number of hydrogen-bond acceptors (Lipinski definition) is 9. The molecule has 0 spiro atoms. The van der Waals surface area contributed by atoms with E-state index in [4.69, 9.17) is 9.47 Å². The summed E-state index contributed by atoms with van der Waals surface area (Å²) in [5.41, 5.74) is 3.42. The summed E-state index contributed by atoms with van der Waals surface area (Å²) < 4.78 is 56.0. The second-order valence-electron chi connectivity index (χ2n) is 11.3. The van der Waals surface area contributed by atoms with Crippen LogP contribution in [0.5, 0.6) is 0 Å². The Labute approximate surface area is 251 Å². The molecule has 2 aromatic carbocycles. The number of benzene rings is 2. The Morgan fingerprint density at radius 2 is 1.73 bits per heavy atom. The normalized spacial score (nSPS) is 24.6. The van der Waals surface area contributed by atoms with Crippen LogP contribution < -0.4 is 4.90 Å². The lowest BCUT2D eigenvalue weighted by atomic mass is 9.92. The molecule has 0 bridgehead atoms. The van der Waals surface area contributed by atoms with Crippen LogP contribution in [0, 0.1) is 24.4 Å². The number of hydrogen-bond donors (Lipinski definition) is 2. The number of aliphatic hydroxyl groups is 2. The summed E-state index contributed by atoms with van der Waals surface area (Å²) in [6.07, 6.45) is 1.42. The fourth-order valence-electron chi connectivity index (χ4n) is 6.28. The summed E-state index contributed by atoms with van der Waals surface area (Å²) in [5, 5.41) is 37.9. The van der Waals surface area contributed by atoms with Gasteiger partial charge in [-0.3, -0.25) is 0 Å². The smallest absolute Gasteiger partial charge is 0.194 e. The molecule has 4 aromatic rings. The number of aromatic nitrogens is 6. The van der Waals surface area contributed by atoms with Crippen molar-refractivity contribution in [1.29, 1.82) is 0 Å². The largest absolute Gasteiger partial charge is 0.394 e. The Morgan fingerprint density at radius 1 is 1.00 bits per heavy atom. The third-order valence-electron chi connectivity index (χ3n) is 8.62. The number of aliphatic hydroxyl groups excluding tert-OH is 2. The van der Waals surface area contributed by atoms with Gasteiger partial charge in [0, 0.05) is 43.6 Å². The highest BCUT2D eigenvalue weighted by Crippen LogP contribution is 2.34. The monoisotopic (exact) mass is 613 g/mol. The van der Waals surface area contributed by atoms with E-state index in [-0.39, 0.29) is 23.7 Å². The van der Waals surface area contributed by atoms with E-state index in [0.29, 0.717) is 0 Å². The van der Waals surface area contributed by atoms with Crippen LogP contribution in [0.25, 0.3) is 11.3 Å². The Kier molecular flexibility index (Phi) is 8.67. The van der Waals surface area contributed by atoms with Gasteiger partial charge in [0.2, 0.25) is 0 Å². The number of piperidine rings is 1. The van der Waals surface area contributed by atoms with Crippen molar-refractivity contribution < 1.29 is 32.9 Å². The predicted molar refractivity (Wildman–Crippen MR) is 152 cm³/mol. The molecule has 0 radical (unpaired) electrons. The van der Waals surface area contributed by atoms with E-state index in [1.54, 1.807) is 4.68 Å². The van der Waals surface area contributed by atoms with Crippen LogP contribution in [0.15, 0.2) is 48.8 Å². The molecule has 234 valence electrons. The molecule has 2 N–H and O–H groups in total. The number of methoxy groups -OCH3 is 1. The molecule has 14 heteroatoms. The summed E-state index contributed by atoms with van der Waals surface area (Å²) in [5.74, 6) is -4.05. The molecule has 5 atom stereocenters. The summed E-state index contributed by atoms with van der Waals surface area (Å²) >= 11 is 0. The van der Waals surface area contributed by atoms with Gasteiger partial charge in [-0.15, -0.1) is 10.2 Å². The summed E-state index contributed by atoms with van der Waals surface area (Å²) in [7, 11) is 1.46. The minimum atomic E-state index is -1.59. The number of rotatable bonds is 8. The Hall–Kier alpha value is -3.85. The van der Waals surface area contributed by atoms with Crippen LogP contribution in [0.1, 0.15) is 36.1 Å². The van der Waals surface area contributed by atoms with Crippen LogP contribution >= 0.6 is 0 Å². The summed E-state index contributed by atoms with van der Waals surface area (Å²) in [6, 6.07) is 9.11. The van der Waals surface area contributed by atoms with Crippen molar-refractivity contribution in [2.24, 2.45) is 0 Å². The fourth-order valence-corrected chi connectivity index (χ4v) is 6.28. The number of halogens is 3. The fraction of sp³-hybridized carbons (Fsp3) is 0.467. The van der Waals surface area contributed by atoms with E-state index in [9.17, 15) is 23.4 Å². The zero-order valence-electron chi connectivity index (χ0n) is 24.3. The van der Waals surface area contributed by atoms with Crippen molar-refractivity contribution in [1.82, 2.24) is 30.0 Å². The third kappa shape index (κ3) is 5.82. The molecule has 2 fully saturated rings. The van der Waals surface area contributed by atoms with E-state index in [1.807, 2.05) is 12.3 Å². The Morgan fingerprint density at radius 3 is 2.41 bits per heavy atom. The predicted octanol–water partition coefficient (Wildman–Crippen LogP) is 3.02. The first-order valence-electron chi connectivity index (χ1n) is 14.5. The van der Waals surface area contributed by atoms with Gasteiger partial charge in [-0.05, 0) is 43.5 Å². The minimum Gasteiger partial charge on any atom is -0.394 e. The molecular weight excluding hydrogens is 579 g/mol. The van der Waals surface area contributed by atoms with Crippen molar-refractivity contribution in [3.05, 3.63) is 77.5 Å². The molecule has 11 nitrogen and oxygen atoms in total. The first-order valence-corrected chi connectivity index (χ1v) is 14.5. The Bertz CT molecular complexity index is 1570. The zero-order valence-corrected chi connectivity index (χ0v) is 24.3. The van der Waals surface area contributed by atoms with Crippen molar-refractivity contribution in [3.63, 3.8) is 0 Å². The first-order chi connectivity index (χ1) is 21.3. The summed E-state index contributed by atoms with van der Waals surface area (Å²) in [6.45, 7) is 3.67. The molecule has 2 aromatic heterocycles. The molecule has 4 heterocycles. The Balaban J connectivity index is 1.17. The maximum Gasteiger partial charge on any atom is 0.194 e. The van der Waals surface area contributed by atoms with Gasteiger partial charge in [-0.1, -0.05) is 28.6 Å². The van der Waals surface area contributed by atoms with E-state index in [1.165, 1.54) is 29.2 Å². The van der Waals surface area contributed by atoms with E-state index in [2.05, 4.69) is 50.6 Å². The van der Waals surface area contributed by atoms with Crippen LogP contribution in [-0.2, 0) is 16.0 Å². The lowest BCUT2D eigenvalue weighted by Crippen LogP contribution is -2.57. The zero-order chi connectivity index (χ0) is 31.0. The molecule has 0 unspecified atom stereocenters. The van der Waals surface area contributed by atoms with Crippen molar-refractivity contribution in [3.8, 4) is 11.3 Å². The van der Waals surface area contributed by atoms with Gasteiger partial charge in [-0.2, -0.15) is 0 Å². The third-order valence-corrected chi connectivity index (χ3v) is 8.62. The number of anilines is 1. The molecule has 2 aliphatic heterocycles. The number of nitrogens with zero attached hydrogens (tertiary/aromatic N) is 7. The van der Waals surface area contributed by atoms with E-state index >= 15 is 0 Å². The second kappa shape index (κ2) is 12.6. The second-order valence-corrected chi connectivity index (χ2v) is 11.3. The number of para-hydroxylation sites is 1. The lowest BCUT2D eigenvalue weighted by molar-refractivity contribution is -0.216. The highest BCUT2D eigenvalue weighted by Gasteiger charge is 2.47. The maximum absolute atomic E-state index is 13.9. The lowest BCUT2D eigenvalue weighted by Gasteiger charge is -2.43. The highest BCUT2D eigenvalue weighted by atomic mass is 19.2. The molecule has 0 amide bonds. The standard InChI is InChI=1S/C30H34F3N7O4/c1-17-5-3-4-6-24(17)38-9-7-18(8-10-38)22-13-39(36-34-22)15-25-30(43-2)28(29(42)26(16-41)44-25)40-14-23(35-37-40)19-11-20(31)27(33)21(32)12-19/h3-6,11-14,18,25-26,28-30,41-42H,7-10,15-16H2,1-2H3/t25-,26-,28+,29+,30+/m1/s1. The van der Waals surface area contributed by atoms with Crippen LogP contribution in [0.4, 0.5) is 18.9 Å². The number of aryl methyl sites for hydroxylation is 1. The van der Waals surface area contributed by atoms with Crippen molar-refractivity contribution in [2.45, 2.75) is 62.7 Å². The molecule has 0 aliphatic carbocycles. The average molecular weight is 614 g/mol. The quantitative estimate of drug-likeness (QED) is 0.289. The van der Waals surface area contributed by atoms with Gasteiger partial charge in [-0.25, -0.2) is 22.5 Å². The summed E-state index contributed by atoms with van der Waals surface area (Å²) in [4.78, 5) is 2.40. The van der Waals surface area contributed by atoms with Gasteiger partial charge >= 0.3 is 0 Å². The van der Waals surface area contributed by atoms with Crippen LogP contribution in [0.2, 0.25) is 0 Å². The molecule has 0 saturated carbocycles. The van der Waals surface area contributed by atoms with Gasteiger partial charge in [0.25, 0.3) is 0 Å². The highest BCUT2D eigenvalue weighted by molar-refractivity contribution is 5.58. The van der Waals surface area contributed by atoms with Crippen LogP contribution in [0.3, 0.4) is 0 Å². The van der Waals surface area contributed by atoms with E-state index < -0.39 is 54.5 Å². The van der Waals surface area contributed by atoms with Crippen LogP contribution in [-0.4, -0.2) is 91.4 Å². The minimum absolute atomic E-state index is 0.0293. The van der Waals surface area contributed by atoms with Gasteiger partial charge in [0.05, 0.1) is 25.0 Å². The molecule has 44 heavy (non-hydrogen) atoms. The van der Waals surface area contributed by atoms with Gasteiger partial charge in [0.1, 0.15) is 36.2 Å². The first kappa shape index (κ1) is 30.2. The number of ether oxygens (including phenoxy) is 2. The molecular formula is C30H34F3N7O4. The topological polar surface area (TPSA) is 124 Å². The van der Waals surface area contributed by atoms with E-state index in [0.717, 1.165) is 43.8 Å². The maximum atomic E-state index is 13.9. The SMILES string of the molecule is CO[C@@H]1[C@@H](n2cc(-c3cc(F)c(F)c(F)c3)nn2)[C@@H](O)[C@@H](CO)O[C@@H]1Cn1cc(C2CCN(c3ccccc3C)CC2)nn1. The van der Waals surface area contributed by atoms with Gasteiger partial charge in [0.15, 0.2) is 17.5 Å². The van der Waals surface area contributed by atoms with Crippen molar-refractivity contribution >= 4 is 5.69 Å². The molecule has 2 saturated heterocycles. The molecule has 2 aliphatic rings. The average Bonchev–Trinajstić information content (AvgIpc) is 3.71. The van der Waals surface area contributed by atoms with Gasteiger partial charge < -0.3 is 24.6 Å². The molecule has 6 rings (SSSR count).